The molecule has 1 atom stereocenters. The van der Waals surface area contributed by atoms with Gasteiger partial charge in [0.05, 0.1) is 5.56 Å². The zero-order valence-electron chi connectivity index (χ0n) is 10.8. The first-order valence-electron chi connectivity index (χ1n) is 5.96. The Labute approximate surface area is 111 Å². The highest BCUT2D eigenvalue weighted by Crippen LogP contribution is 2.18. The molecule has 0 aromatic heterocycles. The van der Waals surface area contributed by atoms with Crippen LogP contribution in [0.25, 0.3) is 0 Å². The highest BCUT2D eigenvalue weighted by atomic mass is 16.5. The Morgan fingerprint density at radius 2 is 2.16 bits per heavy atom. The summed E-state index contributed by atoms with van der Waals surface area (Å²) in [4.78, 5) is 22.9. The van der Waals surface area contributed by atoms with E-state index in [0.717, 1.165) is 0 Å². The van der Waals surface area contributed by atoms with Gasteiger partial charge in [-0.3, -0.25) is 4.79 Å². The molecule has 0 fully saturated rings. The second-order valence-corrected chi connectivity index (χ2v) is 3.87. The minimum Gasteiger partial charge on any atom is -0.489 e. The number of para-hydroxylation sites is 1. The number of benzene rings is 1. The molecule has 0 radical (unpaired) electrons. The molecule has 0 saturated heterocycles. The number of aliphatic carboxylic acids is 1. The number of carbonyl (C=O) groups excluding carboxylic acids is 1. The van der Waals surface area contributed by atoms with E-state index < -0.39 is 17.9 Å². The van der Waals surface area contributed by atoms with Gasteiger partial charge in [-0.25, -0.2) is 4.79 Å². The summed E-state index contributed by atoms with van der Waals surface area (Å²) < 4.78 is 5.36. The second kappa shape index (κ2) is 7.20. The molecule has 19 heavy (non-hydrogen) atoms. The van der Waals surface area contributed by atoms with Crippen LogP contribution >= 0.6 is 0 Å². The van der Waals surface area contributed by atoms with E-state index in [9.17, 15) is 9.59 Å². The lowest BCUT2D eigenvalue weighted by Crippen LogP contribution is -2.40. The normalized spacial score (nSPS) is 11.4. The average Bonchev–Trinajstić information content (AvgIpc) is 2.42. The molecular formula is C14H17NO4. The number of hydrogen-bond acceptors (Lipinski definition) is 3. The van der Waals surface area contributed by atoms with Crippen molar-refractivity contribution in [1.82, 2.24) is 5.32 Å². The van der Waals surface area contributed by atoms with Gasteiger partial charge in [-0.1, -0.05) is 31.7 Å². The van der Waals surface area contributed by atoms with Crippen molar-refractivity contribution in [2.75, 3.05) is 6.61 Å². The van der Waals surface area contributed by atoms with Gasteiger partial charge < -0.3 is 15.2 Å². The third-order valence-corrected chi connectivity index (χ3v) is 2.50. The van der Waals surface area contributed by atoms with Crippen LogP contribution in [-0.2, 0) is 4.79 Å². The molecule has 0 unspecified atom stereocenters. The minimum atomic E-state index is -1.06. The van der Waals surface area contributed by atoms with Crippen LogP contribution in [0.2, 0.25) is 0 Å². The molecule has 102 valence electrons. The van der Waals surface area contributed by atoms with Crippen LogP contribution < -0.4 is 10.1 Å². The van der Waals surface area contributed by atoms with Crippen LogP contribution in [0.4, 0.5) is 0 Å². The van der Waals surface area contributed by atoms with Crippen molar-refractivity contribution in [2.24, 2.45) is 0 Å². The van der Waals surface area contributed by atoms with Crippen LogP contribution in [-0.4, -0.2) is 29.6 Å². The Bertz CT molecular complexity index is 470. The molecule has 0 heterocycles. The number of carboxylic acid groups (broad SMARTS) is 1. The Kier molecular flexibility index (Phi) is 5.60. The molecule has 1 aromatic rings. The first-order chi connectivity index (χ1) is 9.10. The summed E-state index contributed by atoms with van der Waals surface area (Å²) in [5.41, 5.74) is 0.309. The molecule has 5 heteroatoms. The number of nitrogens with one attached hydrogen (secondary N) is 1. The third kappa shape index (κ3) is 4.13. The van der Waals surface area contributed by atoms with Gasteiger partial charge in [0.25, 0.3) is 5.91 Å². The third-order valence-electron chi connectivity index (χ3n) is 2.50. The molecule has 0 bridgehead atoms. The van der Waals surface area contributed by atoms with Crippen molar-refractivity contribution in [1.29, 1.82) is 0 Å². The highest BCUT2D eigenvalue weighted by Gasteiger charge is 2.20. The smallest absolute Gasteiger partial charge is 0.326 e. The van der Waals surface area contributed by atoms with E-state index in [0.29, 0.717) is 17.7 Å². The van der Waals surface area contributed by atoms with Crippen molar-refractivity contribution in [2.45, 2.75) is 19.4 Å². The number of ether oxygens (including phenoxy) is 1. The fourth-order valence-corrected chi connectivity index (χ4v) is 1.50. The summed E-state index contributed by atoms with van der Waals surface area (Å²) in [6, 6.07) is 5.77. The molecule has 5 nitrogen and oxygen atoms in total. The lowest BCUT2D eigenvalue weighted by molar-refractivity contribution is -0.139. The van der Waals surface area contributed by atoms with E-state index in [1.807, 2.05) is 0 Å². The fraction of sp³-hybridized carbons (Fsp3) is 0.286. The molecule has 1 aromatic carbocycles. The summed E-state index contributed by atoms with van der Waals surface area (Å²) >= 11 is 0. The van der Waals surface area contributed by atoms with Gasteiger partial charge in [0.2, 0.25) is 0 Å². The quantitative estimate of drug-likeness (QED) is 0.736. The SMILES string of the molecule is C=CCOc1ccccc1C(=O)N[C@@H](CC)C(=O)O. The summed E-state index contributed by atoms with van der Waals surface area (Å²) in [5.74, 6) is -1.12. The number of carbonyl (C=O) groups is 2. The number of carboxylic acids is 1. The lowest BCUT2D eigenvalue weighted by Gasteiger charge is -2.14. The summed E-state index contributed by atoms with van der Waals surface area (Å²) in [7, 11) is 0. The van der Waals surface area contributed by atoms with E-state index in [-0.39, 0.29) is 6.61 Å². The van der Waals surface area contributed by atoms with E-state index >= 15 is 0 Å². The first kappa shape index (κ1) is 14.8. The van der Waals surface area contributed by atoms with Gasteiger partial charge in [-0.05, 0) is 18.6 Å². The molecule has 1 amide bonds. The van der Waals surface area contributed by atoms with Crippen LogP contribution in [0.15, 0.2) is 36.9 Å². The van der Waals surface area contributed by atoms with Gasteiger partial charge in [0.1, 0.15) is 18.4 Å². The number of rotatable bonds is 7. The highest BCUT2D eigenvalue weighted by molar-refractivity contribution is 5.98. The largest absolute Gasteiger partial charge is 0.489 e. The molecule has 1 rings (SSSR count). The fourth-order valence-electron chi connectivity index (χ4n) is 1.50. The van der Waals surface area contributed by atoms with Crippen molar-refractivity contribution in [3.05, 3.63) is 42.5 Å². The minimum absolute atomic E-state index is 0.278. The molecule has 0 saturated carbocycles. The average molecular weight is 263 g/mol. The summed E-state index contributed by atoms with van der Waals surface area (Å²) in [6.45, 7) is 5.50. The van der Waals surface area contributed by atoms with E-state index in [2.05, 4.69) is 11.9 Å². The summed E-state index contributed by atoms with van der Waals surface area (Å²) in [6.07, 6.45) is 1.89. The van der Waals surface area contributed by atoms with Crippen LogP contribution in [0.3, 0.4) is 0 Å². The lowest BCUT2D eigenvalue weighted by atomic mass is 10.1. The van der Waals surface area contributed by atoms with E-state index in [4.69, 9.17) is 9.84 Å². The second-order valence-electron chi connectivity index (χ2n) is 3.87. The Morgan fingerprint density at radius 3 is 2.74 bits per heavy atom. The van der Waals surface area contributed by atoms with Gasteiger partial charge in [-0.15, -0.1) is 0 Å². The van der Waals surface area contributed by atoms with Gasteiger partial charge in [0.15, 0.2) is 0 Å². The van der Waals surface area contributed by atoms with Crippen molar-refractivity contribution in [3.63, 3.8) is 0 Å². The van der Waals surface area contributed by atoms with E-state index in [1.165, 1.54) is 0 Å². The first-order valence-corrected chi connectivity index (χ1v) is 5.96. The maximum Gasteiger partial charge on any atom is 0.326 e. The number of amides is 1. The van der Waals surface area contributed by atoms with Gasteiger partial charge in [-0.2, -0.15) is 0 Å². The molecule has 0 aliphatic carbocycles. The standard InChI is InChI=1S/C14H17NO4/c1-3-9-19-12-8-6-5-7-10(12)13(16)15-11(4-2)14(17)18/h3,5-8,11H,1,4,9H2,2H3,(H,15,16)(H,17,18)/t11-/m0/s1. The van der Waals surface area contributed by atoms with Crippen molar-refractivity contribution >= 4 is 11.9 Å². The van der Waals surface area contributed by atoms with Gasteiger partial charge in [0, 0.05) is 0 Å². The predicted molar refractivity (Wildman–Crippen MR) is 71.3 cm³/mol. The van der Waals surface area contributed by atoms with E-state index in [1.54, 1.807) is 37.3 Å². The Hall–Kier alpha value is -2.30. The maximum atomic E-state index is 12.0. The van der Waals surface area contributed by atoms with Crippen molar-refractivity contribution in [3.8, 4) is 5.75 Å². The van der Waals surface area contributed by atoms with Crippen molar-refractivity contribution < 1.29 is 19.4 Å². The van der Waals surface area contributed by atoms with Crippen LogP contribution in [0, 0.1) is 0 Å². The predicted octanol–water partition coefficient (Wildman–Crippen LogP) is 1.84. The van der Waals surface area contributed by atoms with Crippen LogP contribution in [0.1, 0.15) is 23.7 Å². The monoisotopic (exact) mass is 263 g/mol. The topological polar surface area (TPSA) is 75.6 Å². The Morgan fingerprint density at radius 1 is 1.47 bits per heavy atom. The maximum absolute atomic E-state index is 12.0. The van der Waals surface area contributed by atoms with Gasteiger partial charge >= 0.3 is 5.97 Å². The number of hydrogen-bond donors (Lipinski definition) is 2. The zero-order valence-corrected chi connectivity index (χ0v) is 10.8. The zero-order chi connectivity index (χ0) is 14.3. The Balaban J connectivity index is 2.86. The molecule has 0 aliphatic rings. The van der Waals surface area contributed by atoms with Crippen LogP contribution in [0.5, 0.6) is 5.75 Å². The molecular weight excluding hydrogens is 246 g/mol. The summed E-state index contributed by atoms with van der Waals surface area (Å²) in [5, 5.41) is 11.4. The molecule has 2 N–H and O–H groups in total. The molecule has 0 aliphatic heterocycles. The molecule has 0 spiro atoms.